The smallest absolute Gasteiger partial charge is 0.210 e. The molecule has 3 N–H and O–H groups in total. The van der Waals surface area contributed by atoms with Crippen LogP contribution in [0.15, 0.2) is 36.7 Å². The van der Waals surface area contributed by atoms with Crippen molar-refractivity contribution in [1.29, 1.82) is 0 Å². The quantitative estimate of drug-likeness (QED) is 0.776. The van der Waals surface area contributed by atoms with Crippen molar-refractivity contribution in [2.45, 2.75) is 6.54 Å². The lowest BCUT2D eigenvalue weighted by Crippen LogP contribution is -2.26. The van der Waals surface area contributed by atoms with E-state index in [0.717, 1.165) is 16.3 Å². The second kappa shape index (κ2) is 5.43. The van der Waals surface area contributed by atoms with Gasteiger partial charge >= 0.3 is 0 Å². The Kier molecular flexibility index (Phi) is 3.90. The topological polar surface area (TPSA) is 85.1 Å². The van der Waals surface area contributed by atoms with Crippen LogP contribution in [0.3, 0.4) is 0 Å². The van der Waals surface area contributed by atoms with Gasteiger partial charge in [-0.3, -0.25) is 4.98 Å². The summed E-state index contributed by atoms with van der Waals surface area (Å²) in [5, 5.41) is 10.2. The van der Waals surface area contributed by atoms with Gasteiger partial charge in [-0.2, -0.15) is 0 Å². The molecule has 0 unspecified atom stereocenters. The molecule has 1 aromatic heterocycles. The van der Waals surface area contributed by atoms with Crippen molar-refractivity contribution < 1.29 is 8.42 Å². The van der Waals surface area contributed by atoms with Crippen LogP contribution in [0.4, 0.5) is 0 Å². The molecule has 5 nitrogen and oxygen atoms in total. The van der Waals surface area contributed by atoms with Crippen LogP contribution in [0.5, 0.6) is 0 Å². The summed E-state index contributed by atoms with van der Waals surface area (Å²) in [6.07, 6.45) is 3.56. The zero-order chi connectivity index (χ0) is 13.0. The number of sulfonamides is 1. The van der Waals surface area contributed by atoms with Crippen molar-refractivity contribution >= 4 is 20.8 Å². The SMILES string of the molecule is NS(=O)(=O)CCNCc1ccc2cnccc2c1. The third-order valence-corrected chi connectivity index (χ3v) is 3.37. The van der Waals surface area contributed by atoms with Gasteiger partial charge in [0.1, 0.15) is 0 Å². The van der Waals surface area contributed by atoms with Crippen LogP contribution >= 0.6 is 0 Å². The molecular formula is C12H15N3O2S. The molecule has 0 bridgehead atoms. The molecule has 2 aromatic rings. The van der Waals surface area contributed by atoms with Crippen LogP contribution in [0.25, 0.3) is 10.8 Å². The minimum atomic E-state index is -3.38. The molecule has 1 heterocycles. The van der Waals surface area contributed by atoms with Crippen LogP contribution < -0.4 is 10.5 Å². The molecule has 0 aliphatic carbocycles. The Morgan fingerprint density at radius 1 is 1.22 bits per heavy atom. The predicted octanol–water partition coefficient (Wildman–Crippen LogP) is 0.613. The maximum absolute atomic E-state index is 10.7. The summed E-state index contributed by atoms with van der Waals surface area (Å²) in [5.41, 5.74) is 1.10. The monoisotopic (exact) mass is 265 g/mol. The molecule has 0 fully saturated rings. The summed E-state index contributed by atoms with van der Waals surface area (Å²) >= 11 is 0. The first-order valence-electron chi connectivity index (χ1n) is 5.58. The summed E-state index contributed by atoms with van der Waals surface area (Å²) in [5.74, 6) is -0.0511. The molecule has 0 aliphatic heterocycles. The van der Waals surface area contributed by atoms with Crippen molar-refractivity contribution in [3.05, 3.63) is 42.2 Å². The summed E-state index contributed by atoms with van der Waals surface area (Å²) < 4.78 is 21.5. The Morgan fingerprint density at radius 2 is 2.06 bits per heavy atom. The number of primary sulfonamides is 1. The van der Waals surface area contributed by atoms with E-state index >= 15 is 0 Å². The molecule has 2 rings (SSSR count). The third-order valence-electron chi connectivity index (χ3n) is 2.60. The van der Waals surface area contributed by atoms with E-state index in [0.29, 0.717) is 13.1 Å². The zero-order valence-electron chi connectivity index (χ0n) is 9.83. The van der Waals surface area contributed by atoms with Crippen molar-refractivity contribution in [3.8, 4) is 0 Å². The van der Waals surface area contributed by atoms with E-state index < -0.39 is 10.0 Å². The molecule has 96 valence electrons. The molecule has 0 spiro atoms. The molecule has 0 aliphatic rings. The molecule has 0 saturated heterocycles. The number of hydrogen-bond acceptors (Lipinski definition) is 4. The Hall–Kier alpha value is -1.50. The van der Waals surface area contributed by atoms with Crippen LogP contribution in [0, 0.1) is 0 Å². The average Bonchev–Trinajstić information content (AvgIpc) is 2.33. The van der Waals surface area contributed by atoms with Gasteiger partial charge in [-0.1, -0.05) is 12.1 Å². The summed E-state index contributed by atoms with van der Waals surface area (Å²) in [4.78, 5) is 4.05. The van der Waals surface area contributed by atoms with Gasteiger partial charge < -0.3 is 5.32 Å². The fraction of sp³-hybridized carbons (Fsp3) is 0.250. The molecule has 6 heteroatoms. The normalized spacial score (nSPS) is 11.8. The first-order valence-corrected chi connectivity index (χ1v) is 7.30. The lowest BCUT2D eigenvalue weighted by molar-refractivity contribution is 0.592. The van der Waals surface area contributed by atoms with Gasteiger partial charge in [-0.25, -0.2) is 13.6 Å². The average molecular weight is 265 g/mol. The fourth-order valence-electron chi connectivity index (χ4n) is 1.69. The lowest BCUT2D eigenvalue weighted by Gasteiger charge is -2.05. The maximum Gasteiger partial charge on any atom is 0.210 e. The van der Waals surface area contributed by atoms with Gasteiger partial charge in [-0.05, 0) is 23.1 Å². The van der Waals surface area contributed by atoms with E-state index in [1.54, 1.807) is 6.20 Å². The zero-order valence-corrected chi connectivity index (χ0v) is 10.7. The number of fused-ring (bicyclic) bond motifs is 1. The van der Waals surface area contributed by atoms with Gasteiger partial charge in [0.05, 0.1) is 5.75 Å². The number of aromatic nitrogens is 1. The lowest BCUT2D eigenvalue weighted by atomic mass is 10.1. The Morgan fingerprint density at radius 3 is 2.83 bits per heavy atom. The Labute approximate surface area is 106 Å². The van der Waals surface area contributed by atoms with Crippen LogP contribution in [-0.4, -0.2) is 25.7 Å². The second-order valence-corrected chi connectivity index (χ2v) is 5.83. The number of rotatable bonds is 5. The van der Waals surface area contributed by atoms with E-state index in [-0.39, 0.29) is 5.75 Å². The molecule has 0 atom stereocenters. The van der Waals surface area contributed by atoms with Crippen molar-refractivity contribution in [3.63, 3.8) is 0 Å². The Bertz CT molecular complexity index is 641. The van der Waals surface area contributed by atoms with Gasteiger partial charge in [0, 0.05) is 30.9 Å². The van der Waals surface area contributed by atoms with Crippen molar-refractivity contribution in [1.82, 2.24) is 10.3 Å². The first kappa shape index (κ1) is 12.9. The minimum absolute atomic E-state index is 0.0511. The molecule has 0 amide bonds. The van der Waals surface area contributed by atoms with Crippen LogP contribution in [0.2, 0.25) is 0 Å². The van der Waals surface area contributed by atoms with E-state index in [4.69, 9.17) is 5.14 Å². The van der Waals surface area contributed by atoms with Gasteiger partial charge in [0.2, 0.25) is 10.0 Å². The highest BCUT2D eigenvalue weighted by molar-refractivity contribution is 7.89. The number of pyridine rings is 1. The minimum Gasteiger partial charge on any atom is -0.312 e. The first-order chi connectivity index (χ1) is 8.54. The number of nitrogens with zero attached hydrogens (tertiary/aromatic N) is 1. The van der Waals surface area contributed by atoms with Crippen LogP contribution in [0.1, 0.15) is 5.56 Å². The predicted molar refractivity (Wildman–Crippen MR) is 71.4 cm³/mol. The Balaban J connectivity index is 1.96. The van der Waals surface area contributed by atoms with E-state index in [2.05, 4.69) is 16.4 Å². The molecule has 0 saturated carbocycles. The van der Waals surface area contributed by atoms with E-state index in [9.17, 15) is 8.42 Å². The largest absolute Gasteiger partial charge is 0.312 e. The second-order valence-electron chi connectivity index (χ2n) is 4.10. The highest BCUT2D eigenvalue weighted by atomic mass is 32.2. The van der Waals surface area contributed by atoms with Crippen LogP contribution in [-0.2, 0) is 16.6 Å². The molecule has 18 heavy (non-hydrogen) atoms. The number of benzene rings is 1. The highest BCUT2D eigenvalue weighted by Crippen LogP contribution is 2.14. The fourth-order valence-corrected chi connectivity index (χ4v) is 2.12. The van der Waals surface area contributed by atoms with Gasteiger partial charge in [0.25, 0.3) is 0 Å². The van der Waals surface area contributed by atoms with E-state index in [1.165, 1.54) is 0 Å². The maximum atomic E-state index is 10.7. The van der Waals surface area contributed by atoms with Crippen molar-refractivity contribution in [2.24, 2.45) is 5.14 Å². The van der Waals surface area contributed by atoms with Crippen molar-refractivity contribution in [2.75, 3.05) is 12.3 Å². The molecular weight excluding hydrogens is 250 g/mol. The van der Waals surface area contributed by atoms with E-state index in [1.807, 2.05) is 24.4 Å². The highest BCUT2D eigenvalue weighted by Gasteiger charge is 2.01. The molecule has 0 radical (unpaired) electrons. The molecule has 1 aromatic carbocycles. The standard InChI is InChI=1S/C12H15N3O2S/c13-18(16,17)6-5-15-8-10-1-2-12-9-14-4-3-11(12)7-10/h1-4,7,9,15H,5-6,8H2,(H2,13,16,17). The van der Waals surface area contributed by atoms with Gasteiger partial charge in [0.15, 0.2) is 0 Å². The number of hydrogen-bond donors (Lipinski definition) is 2. The van der Waals surface area contributed by atoms with Gasteiger partial charge in [-0.15, -0.1) is 0 Å². The summed E-state index contributed by atoms with van der Waals surface area (Å²) in [6.45, 7) is 0.973. The number of nitrogens with one attached hydrogen (secondary N) is 1. The number of nitrogens with two attached hydrogens (primary N) is 1. The summed E-state index contributed by atoms with van der Waals surface area (Å²) in [6, 6.07) is 8.00. The third kappa shape index (κ3) is 3.76. The summed E-state index contributed by atoms with van der Waals surface area (Å²) in [7, 11) is -3.38.